The zero-order chi connectivity index (χ0) is 10.6. The van der Waals surface area contributed by atoms with Gasteiger partial charge in [-0.1, -0.05) is 6.07 Å². The second kappa shape index (κ2) is 4.81. The average molecular weight is 199 g/mol. The molecule has 1 rings (SSSR count). The number of ketones is 1. The number of nitrogens with one attached hydrogen (secondary N) is 1. The van der Waals surface area contributed by atoms with Crippen molar-refractivity contribution in [3.8, 4) is 0 Å². The average Bonchev–Trinajstić information content (AvgIpc) is 2.10. The molecule has 0 unspecified atom stereocenters. The van der Waals surface area contributed by atoms with Crippen molar-refractivity contribution < 1.29 is 13.6 Å². The van der Waals surface area contributed by atoms with E-state index in [1.54, 1.807) is 7.05 Å². The number of halogens is 2. The summed E-state index contributed by atoms with van der Waals surface area (Å²) in [5, 5.41) is 2.67. The summed E-state index contributed by atoms with van der Waals surface area (Å²) in [6.45, 7) is 0.191. The summed E-state index contributed by atoms with van der Waals surface area (Å²) in [6, 6.07) is 3.21. The Labute approximate surface area is 80.9 Å². The van der Waals surface area contributed by atoms with Crippen molar-refractivity contribution in [2.24, 2.45) is 0 Å². The molecule has 14 heavy (non-hydrogen) atoms. The van der Waals surface area contributed by atoms with Gasteiger partial charge in [0.05, 0.1) is 6.54 Å². The van der Waals surface area contributed by atoms with Gasteiger partial charge in [-0.15, -0.1) is 0 Å². The molecule has 0 spiro atoms. The molecule has 4 heteroatoms. The summed E-state index contributed by atoms with van der Waals surface area (Å²) >= 11 is 0. The molecule has 1 N–H and O–H groups in total. The van der Waals surface area contributed by atoms with Crippen LogP contribution in [0.5, 0.6) is 0 Å². The topological polar surface area (TPSA) is 29.1 Å². The summed E-state index contributed by atoms with van der Waals surface area (Å²) in [7, 11) is 1.64. The van der Waals surface area contributed by atoms with Crippen LogP contribution in [0.2, 0.25) is 0 Å². The van der Waals surface area contributed by atoms with Crippen molar-refractivity contribution in [1.29, 1.82) is 0 Å². The lowest BCUT2D eigenvalue weighted by atomic mass is 10.1. The number of hydrogen-bond acceptors (Lipinski definition) is 2. The second-order valence-corrected chi connectivity index (χ2v) is 2.98. The van der Waals surface area contributed by atoms with E-state index < -0.39 is 11.6 Å². The van der Waals surface area contributed by atoms with Gasteiger partial charge in [-0.25, -0.2) is 8.78 Å². The van der Waals surface area contributed by atoms with E-state index in [1.165, 1.54) is 6.07 Å². The van der Waals surface area contributed by atoms with E-state index >= 15 is 0 Å². The Hall–Kier alpha value is -1.29. The lowest BCUT2D eigenvalue weighted by molar-refractivity contribution is -0.117. The molecule has 0 saturated carbocycles. The van der Waals surface area contributed by atoms with Gasteiger partial charge < -0.3 is 5.32 Å². The van der Waals surface area contributed by atoms with Crippen LogP contribution in [0.4, 0.5) is 8.78 Å². The fourth-order valence-electron chi connectivity index (χ4n) is 1.14. The zero-order valence-electron chi connectivity index (χ0n) is 7.81. The van der Waals surface area contributed by atoms with Gasteiger partial charge in [0.1, 0.15) is 11.6 Å². The Bertz CT molecular complexity index is 339. The first kappa shape index (κ1) is 10.8. The molecule has 2 nitrogen and oxygen atoms in total. The van der Waals surface area contributed by atoms with Crippen LogP contribution in [0.1, 0.15) is 5.56 Å². The van der Waals surface area contributed by atoms with Gasteiger partial charge in [-0.05, 0) is 18.7 Å². The Balaban J connectivity index is 2.72. The quantitative estimate of drug-likeness (QED) is 0.791. The van der Waals surface area contributed by atoms with E-state index in [-0.39, 0.29) is 24.3 Å². The second-order valence-electron chi connectivity index (χ2n) is 2.98. The molecule has 0 heterocycles. The van der Waals surface area contributed by atoms with Crippen LogP contribution >= 0.6 is 0 Å². The van der Waals surface area contributed by atoms with Crippen molar-refractivity contribution in [1.82, 2.24) is 5.32 Å². The SMILES string of the molecule is CNCC(=O)Cc1ccc(F)cc1F. The van der Waals surface area contributed by atoms with E-state index in [9.17, 15) is 13.6 Å². The Morgan fingerprint density at radius 2 is 2.14 bits per heavy atom. The fourth-order valence-corrected chi connectivity index (χ4v) is 1.14. The molecule has 0 aromatic heterocycles. The van der Waals surface area contributed by atoms with E-state index in [4.69, 9.17) is 0 Å². The van der Waals surface area contributed by atoms with Gasteiger partial charge in [0.15, 0.2) is 5.78 Å². The van der Waals surface area contributed by atoms with Crippen molar-refractivity contribution in [2.45, 2.75) is 6.42 Å². The summed E-state index contributed by atoms with van der Waals surface area (Å²) in [4.78, 5) is 11.1. The standard InChI is InChI=1S/C10H11F2NO/c1-13-6-9(14)4-7-2-3-8(11)5-10(7)12/h2-3,5,13H,4,6H2,1H3. The first-order valence-corrected chi connectivity index (χ1v) is 4.23. The Morgan fingerprint density at radius 1 is 1.43 bits per heavy atom. The molecular weight excluding hydrogens is 188 g/mol. The van der Waals surface area contributed by atoms with E-state index in [2.05, 4.69) is 5.32 Å². The van der Waals surface area contributed by atoms with Crippen LogP contribution in [-0.4, -0.2) is 19.4 Å². The van der Waals surface area contributed by atoms with Crippen molar-refractivity contribution in [2.75, 3.05) is 13.6 Å². The highest BCUT2D eigenvalue weighted by Gasteiger charge is 2.07. The fraction of sp³-hybridized carbons (Fsp3) is 0.300. The minimum absolute atomic E-state index is 0.00699. The van der Waals surface area contributed by atoms with Gasteiger partial charge in [0.25, 0.3) is 0 Å². The molecule has 0 saturated heterocycles. The molecular formula is C10H11F2NO. The number of hydrogen-bond donors (Lipinski definition) is 1. The molecule has 0 bridgehead atoms. The lowest BCUT2D eigenvalue weighted by Gasteiger charge is -2.02. The third-order valence-electron chi connectivity index (χ3n) is 1.78. The van der Waals surface area contributed by atoms with E-state index in [0.717, 1.165) is 12.1 Å². The normalized spacial score (nSPS) is 10.2. The zero-order valence-corrected chi connectivity index (χ0v) is 7.81. The highest BCUT2D eigenvalue weighted by atomic mass is 19.1. The van der Waals surface area contributed by atoms with Crippen molar-refractivity contribution >= 4 is 5.78 Å². The summed E-state index contributed by atoms with van der Waals surface area (Å²) in [6.07, 6.45) is -0.00699. The van der Waals surface area contributed by atoms with Crippen molar-refractivity contribution in [3.05, 3.63) is 35.4 Å². The third kappa shape index (κ3) is 2.88. The van der Waals surface area contributed by atoms with Gasteiger partial charge in [-0.3, -0.25) is 4.79 Å². The highest BCUT2D eigenvalue weighted by Crippen LogP contribution is 2.10. The van der Waals surface area contributed by atoms with Gasteiger partial charge in [0.2, 0.25) is 0 Å². The number of rotatable bonds is 4. The Morgan fingerprint density at radius 3 is 2.71 bits per heavy atom. The van der Waals surface area contributed by atoms with E-state index in [1.807, 2.05) is 0 Å². The first-order chi connectivity index (χ1) is 6.63. The minimum atomic E-state index is -0.672. The van der Waals surface area contributed by atoms with Crippen LogP contribution in [0.3, 0.4) is 0 Å². The molecule has 0 fully saturated rings. The van der Waals surface area contributed by atoms with Gasteiger partial charge >= 0.3 is 0 Å². The molecule has 0 aliphatic heterocycles. The Kier molecular flexibility index (Phi) is 3.71. The number of Topliss-reactive ketones (excluding diaryl/α,β-unsaturated/α-hetero) is 1. The predicted octanol–water partition coefficient (Wildman–Crippen LogP) is 1.30. The van der Waals surface area contributed by atoms with Crippen LogP contribution in [0.25, 0.3) is 0 Å². The molecule has 0 radical (unpaired) electrons. The third-order valence-corrected chi connectivity index (χ3v) is 1.78. The van der Waals surface area contributed by atoms with Crippen LogP contribution in [-0.2, 0) is 11.2 Å². The number of carbonyl (C=O) groups is 1. The smallest absolute Gasteiger partial charge is 0.151 e. The number of likely N-dealkylation sites (N-methyl/N-ethyl adjacent to an activating group) is 1. The van der Waals surface area contributed by atoms with Gasteiger partial charge in [-0.2, -0.15) is 0 Å². The monoisotopic (exact) mass is 199 g/mol. The van der Waals surface area contributed by atoms with Crippen LogP contribution in [0, 0.1) is 11.6 Å². The molecule has 0 aliphatic carbocycles. The summed E-state index contributed by atoms with van der Waals surface area (Å²) < 4.78 is 25.5. The highest BCUT2D eigenvalue weighted by molar-refractivity contribution is 5.82. The van der Waals surface area contributed by atoms with Crippen LogP contribution in [0.15, 0.2) is 18.2 Å². The summed E-state index contributed by atoms with van der Waals surface area (Å²) in [5.41, 5.74) is 0.228. The number of benzene rings is 1. The van der Waals surface area contributed by atoms with Crippen molar-refractivity contribution in [3.63, 3.8) is 0 Å². The minimum Gasteiger partial charge on any atom is -0.313 e. The predicted molar refractivity (Wildman–Crippen MR) is 49.0 cm³/mol. The largest absolute Gasteiger partial charge is 0.313 e. The van der Waals surface area contributed by atoms with Gasteiger partial charge in [0, 0.05) is 12.5 Å². The maximum atomic E-state index is 13.0. The molecule has 1 aromatic rings. The van der Waals surface area contributed by atoms with E-state index in [0.29, 0.717) is 0 Å². The number of carbonyl (C=O) groups excluding carboxylic acids is 1. The molecule has 0 aliphatic rings. The molecule has 0 atom stereocenters. The summed E-state index contributed by atoms with van der Waals surface area (Å²) in [5.74, 6) is -1.43. The molecule has 0 amide bonds. The van der Waals surface area contributed by atoms with Crippen LogP contribution < -0.4 is 5.32 Å². The molecule has 76 valence electrons. The maximum absolute atomic E-state index is 13.0. The maximum Gasteiger partial charge on any atom is 0.151 e. The molecule has 1 aromatic carbocycles. The lowest BCUT2D eigenvalue weighted by Crippen LogP contribution is -2.20. The first-order valence-electron chi connectivity index (χ1n) is 4.23.